The van der Waals surface area contributed by atoms with Crippen LogP contribution in [0.25, 0.3) is 0 Å². The molecule has 1 heterocycles. The number of hydrogen-bond acceptors (Lipinski definition) is 3. The lowest BCUT2D eigenvalue weighted by Gasteiger charge is -2.21. The third-order valence-corrected chi connectivity index (χ3v) is 3.23. The Morgan fingerprint density at radius 2 is 2.31 bits per heavy atom. The summed E-state index contributed by atoms with van der Waals surface area (Å²) in [6, 6.07) is 4.15. The normalized spacial score (nSPS) is 12.8. The van der Waals surface area contributed by atoms with Gasteiger partial charge in [0.15, 0.2) is 0 Å². The van der Waals surface area contributed by atoms with Gasteiger partial charge in [0.1, 0.15) is 6.61 Å². The predicted octanol–water partition coefficient (Wildman–Crippen LogP) is 2.60. The number of carbonyl (C=O) groups excluding carboxylic acids is 1. The first kappa shape index (κ1) is 13.2. The third kappa shape index (κ3) is 3.94. The minimum absolute atomic E-state index is 0.0473. The van der Waals surface area contributed by atoms with Crippen LogP contribution in [0.1, 0.15) is 31.7 Å². The molecule has 0 aliphatic rings. The van der Waals surface area contributed by atoms with Crippen molar-refractivity contribution in [3.05, 3.63) is 22.4 Å². The monoisotopic (exact) mass is 241 g/mol. The van der Waals surface area contributed by atoms with E-state index in [1.165, 1.54) is 4.88 Å². The fraction of sp³-hybridized carbons (Fsp3) is 0.583. The fourth-order valence-corrected chi connectivity index (χ4v) is 2.39. The summed E-state index contributed by atoms with van der Waals surface area (Å²) >= 11 is 1.67. The highest BCUT2D eigenvalue weighted by Crippen LogP contribution is 2.25. The molecule has 1 aromatic rings. The molecule has 1 amide bonds. The van der Waals surface area contributed by atoms with E-state index < -0.39 is 0 Å². The maximum atomic E-state index is 11.6. The molecule has 1 aromatic heterocycles. The largest absolute Gasteiger partial charge is 0.372 e. The van der Waals surface area contributed by atoms with E-state index in [1.54, 1.807) is 11.3 Å². The molecule has 1 N–H and O–H groups in total. The Labute approximate surface area is 101 Å². The Morgan fingerprint density at radius 3 is 2.81 bits per heavy atom. The van der Waals surface area contributed by atoms with Gasteiger partial charge in [0.2, 0.25) is 5.91 Å². The number of rotatable bonds is 6. The standard InChI is InChI=1S/C12H19NO2S/c1-4-15-8-11(14)13-12(9(2)3)10-6-5-7-16-10/h5-7,9,12H,4,8H2,1-3H3,(H,13,14). The van der Waals surface area contributed by atoms with Crippen molar-refractivity contribution in [2.24, 2.45) is 5.92 Å². The van der Waals surface area contributed by atoms with Gasteiger partial charge >= 0.3 is 0 Å². The van der Waals surface area contributed by atoms with E-state index in [9.17, 15) is 4.79 Å². The van der Waals surface area contributed by atoms with Crippen LogP contribution in [0.15, 0.2) is 17.5 Å². The topological polar surface area (TPSA) is 38.3 Å². The number of hydrogen-bond donors (Lipinski definition) is 1. The Bertz CT molecular complexity index is 309. The van der Waals surface area contributed by atoms with Gasteiger partial charge in [-0.15, -0.1) is 11.3 Å². The first-order valence-electron chi connectivity index (χ1n) is 5.55. The summed E-state index contributed by atoms with van der Waals surface area (Å²) in [7, 11) is 0. The molecule has 0 fully saturated rings. The third-order valence-electron chi connectivity index (χ3n) is 2.27. The molecule has 0 aliphatic heterocycles. The van der Waals surface area contributed by atoms with Crippen molar-refractivity contribution in [3.63, 3.8) is 0 Å². The van der Waals surface area contributed by atoms with E-state index in [2.05, 4.69) is 25.2 Å². The number of nitrogens with one attached hydrogen (secondary N) is 1. The van der Waals surface area contributed by atoms with Crippen LogP contribution >= 0.6 is 11.3 Å². The quantitative estimate of drug-likeness (QED) is 0.831. The lowest BCUT2D eigenvalue weighted by atomic mass is 10.0. The molecule has 0 aromatic carbocycles. The van der Waals surface area contributed by atoms with Gasteiger partial charge in [0, 0.05) is 11.5 Å². The van der Waals surface area contributed by atoms with Crippen molar-refractivity contribution in [3.8, 4) is 0 Å². The van der Waals surface area contributed by atoms with Crippen molar-refractivity contribution < 1.29 is 9.53 Å². The van der Waals surface area contributed by atoms with Gasteiger partial charge in [0.25, 0.3) is 0 Å². The van der Waals surface area contributed by atoms with Crippen molar-refractivity contribution in [1.82, 2.24) is 5.32 Å². The number of ether oxygens (including phenoxy) is 1. The van der Waals surface area contributed by atoms with Crippen LogP contribution in [-0.4, -0.2) is 19.1 Å². The van der Waals surface area contributed by atoms with Gasteiger partial charge in [-0.3, -0.25) is 4.79 Å². The minimum atomic E-state index is -0.0473. The number of carbonyl (C=O) groups is 1. The second-order valence-corrected chi connectivity index (χ2v) is 4.92. The van der Waals surface area contributed by atoms with E-state index in [1.807, 2.05) is 18.4 Å². The highest BCUT2D eigenvalue weighted by molar-refractivity contribution is 7.10. The lowest BCUT2D eigenvalue weighted by molar-refractivity contribution is -0.126. The summed E-state index contributed by atoms with van der Waals surface area (Å²) in [4.78, 5) is 12.8. The van der Waals surface area contributed by atoms with Crippen LogP contribution in [0.2, 0.25) is 0 Å². The molecule has 0 saturated carbocycles. The van der Waals surface area contributed by atoms with E-state index in [-0.39, 0.29) is 18.6 Å². The first-order valence-corrected chi connectivity index (χ1v) is 6.43. The average Bonchev–Trinajstić information content (AvgIpc) is 2.75. The molecular formula is C12H19NO2S. The summed E-state index contributed by atoms with van der Waals surface area (Å²) in [5, 5.41) is 5.03. The summed E-state index contributed by atoms with van der Waals surface area (Å²) < 4.78 is 5.08. The first-order chi connectivity index (χ1) is 7.65. The highest BCUT2D eigenvalue weighted by Gasteiger charge is 2.18. The Balaban J connectivity index is 2.56. The molecule has 90 valence electrons. The molecule has 1 rings (SSSR count). The van der Waals surface area contributed by atoms with Crippen molar-refractivity contribution in [1.29, 1.82) is 0 Å². The van der Waals surface area contributed by atoms with Crippen LogP contribution in [0.3, 0.4) is 0 Å². The van der Waals surface area contributed by atoms with Crippen LogP contribution in [0.5, 0.6) is 0 Å². The highest BCUT2D eigenvalue weighted by atomic mass is 32.1. The van der Waals surface area contributed by atoms with Crippen LogP contribution in [0.4, 0.5) is 0 Å². The molecule has 16 heavy (non-hydrogen) atoms. The Morgan fingerprint density at radius 1 is 1.56 bits per heavy atom. The molecule has 0 bridgehead atoms. The summed E-state index contributed by atoms with van der Waals surface area (Å²) in [6.45, 7) is 6.80. The van der Waals surface area contributed by atoms with Crippen LogP contribution < -0.4 is 5.32 Å². The molecule has 4 heteroatoms. The molecule has 1 unspecified atom stereocenters. The molecule has 0 saturated heterocycles. The van der Waals surface area contributed by atoms with Gasteiger partial charge in [-0.1, -0.05) is 19.9 Å². The molecular weight excluding hydrogens is 222 g/mol. The van der Waals surface area contributed by atoms with E-state index >= 15 is 0 Å². The zero-order valence-corrected chi connectivity index (χ0v) is 10.8. The van der Waals surface area contributed by atoms with Crippen molar-refractivity contribution >= 4 is 17.2 Å². The molecule has 3 nitrogen and oxygen atoms in total. The zero-order chi connectivity index (χ0) is 12.0. The summed E-state index contributed by atoms with van der Waals surface area (Å²) in [5.41, 5.74) is 0. The van der Waals surface area contributed by atoms with Gasteiger partial charge in [-0.25, -0.2) is 0 Å². The molecule has 0 radical (unpaired) electrons. The van der Waals surface area contributed by atoms with E-state index in [0.29, 0.717) is 12.5 Å². The Kier molecular flexibility index (Phi) is 5.49. The smallest absolute Gasteiger partial charge is 0.246 e. The second kappa shape index (κ2) is 6.66. The maximum absolute atomic E-state index is 11.6. The van der Waals surface area contributed by atoms with Gasteiger partial charge < -0.3 is 10.1 Å². The van der Waals surface area contributed by atoms with Gasteiger partial charge in [-0.2, -0.15) is 0 Å². The lowest BCUT2D eigenvalue weighted by Crippen LogP contribution is -2.33. The number of thiophene rings is 1. The van der Waals surface area contributed by atoms with Crippen molar-refractivity contribution in [2.75, 3.05) is 13.2 Å². The average molecular weight is 241 g/mol. The van der Waals surface area contributed by atoms with Crippen molar-refractivity contribution in [2.45, 2.75) is 26.8 Å². The molecule has 1 atom stereocenters. The molecule has 0 spiro atoms. The van der Waals surface area contributed by atoms with Gasteiger partial charge in [0.05, 0.1) is 6.04 Å². The van der Waals surface area contributed by atoms with Crippen LogP contribution in [-0.2, 0) is 9.53 Å². The second-order valence-electron chi connectivity index (χ2n) is 3.94. The minimum Gasteiger partial charge on any atom is -0.372 e. The summed E-state index contributed by atoms with van der Waals surface area (Å²) in [6.07, 6.45) is 0. The number of amides is 1. The SMILES string of the molecule is CCOCC(=O)NC(c1cccs1)C(C)C. The van der Waals surface area contributed by atoms with E-state index in [4.69, 9.17) is 4.74 Å². The van der Waals surface area contributed by atoms with Crippen LogP contribution in [0, 0.1) is 5.92 Å². The predicted molar refractivity (Wildman–Crippen MR) is 66.5 cm³/mol. The van der Waals surface area contributed by atoms with E-state index in [0.717, 1.165) is 0 Å². The fourth-order valence-electron chi connectivity index (χ4n) is 1.44. The summed E-state index contributed by atoms with van der Waals surface area (Å²) in [5.74, 6) is 0.332. The maximum Gasteiger partial charge on any atom is 0.246 e. The zero-order valence-electron chi connectivity index (χ0n) is 10.0. The van der Waals surface area contributed by atoms with Gasteiger partial charge in [-0.05, 0) is 24.3 Å². The molecule has 0 aliphatic carbocycles. The Hall–Kier alpha value is -0.870.